The van der Waals surface area contributed by atoms with Crippen molar-refractivity contribution in [1.29, 1.82) is 0 Å². The molecule has 0 saturated heterocycles. The topological polar surface area (TPSA) is 105 Å². The molecule has 0 amide bonds. The minimum absolute atomic E-state index is 0.0280. The summed E-state index contributed by atoms with van der Waals surface area (Å²) in [6, 6.07) is 2.90. The van der Waals surface area contributed by atoms with Gasteiger partial charge in [0.2, 0.25) is 10.0 Å². The number of benzene rings is 1. The van der Waals surface area contributed by atoms with Crippen molar-refractivity contribution in [3.63, 3.8) is 0 Å². The molecule has 1 aromatic rings. The highest BCUT2D eigenvalue weighted by atomic mass is 32.2. The van der Waals surface area contributed by atoms with Gasteiger partial charge in [0.25, 0.3) is 0 Å². The van der Waals surface area contributed by atoms with E-state index in [-0.39, 0.29) is 11.4 Å². The fourth-order valence-electron chi connectivity index (χ4n) is 1.60. The largest absolute Gasteiger partial charge is 0.493 e. The van der Waals surface area contributed by atoms with Crippen molar-refractivity contribution in [1.82, 2.24) is 4.72 Å². The van der Waals surface area contributed by atoms with E-state index >= 15 is 0 Å². The molecule has 20 heavy (non-hydrogen) atoms. The zero-order chi connectivity index (χ0) is 15.3. The Morgan fingerprint density at radius 3 is 2.30 bits per heavy atom. The van der Waals surface area contributed by atoms with E-state index in [2.05, 4.69) is 4.72 Å². The smallest absolute Gasteiger partial charge is 0.241 e. The summed E-state index contributed by atoms with van der Waals surface area (Å²) in [5.74, 6) is 0.723. The van der Waals surface area contributed by atoms with Crippen molar-refractivity contribution in [3.8, 4) is 11.5 Å². The van der Waals surface area contributed by atoms with E-state index in [1.165, 1.54) is 20.3 Å². The Labute approximate surface area is 118 Å². The number of nitrogens with one attached hydrogen (secondary N) is 1. The summed E-state index contributed by atoms with van der Waals surface area (Å²) < 4.78 is 36.7. The second-order valence-corrected chi connectivity index (χ2v) is 5.90. The maximum atomic E-state index is 12.1. The van der Waals surface area contributed by atoms with Gasteiger partial charge in [0, 0.05) is 12.6 Å². The Balaban J connectivity index is 3.12. The molecule has 114 valence electrons. The van der Waals surface area contributed by atoms with E-state index < -0.39 is 22.7 Å². The molecule has 0 aliphatic heterocycles. The molecule has 1 atom stereocenters. The van der Waals surface area contributed by atoms with Crippen LogP contribution < -0.4 is 14.2 Å². The van der Waals surface area contributed by atoms with Crippen LogP contribution in [0.1, 0.15) is 5.56 Å². The van der Waals surface area contributed by atoms with Crippen molar-refractivity contribution in [2.24, 2.45) is 0 Å². The highest BCUT2D eigenvalue weighted by molar-refractivity contribution is 7.89. The minimum Gasteiger partial charge on any atom is -0.493 e. The van der Waals surface area contributed by atoms with Gasteiger partial charge in [0.15, 0.2) is 11.5 Å². The minimum atomic E-state index is -3.81. The van der Waals surface area contributed by atoms with Gasteiger partial charge in [0.1, 0.15) is 0 Å². The summed E-state index contributed by atoms with van der Waals surface area (Å²) in [4.78, 5) is 0.0280. The molecule has 0 saturated carbocycles. The molecule has 1 unspecified atom stereocenters. The fraction of sp³-hybridized carbons (Fsp3) is 0.500. The van der Waals surface area contributed by atoms with Crippen LogP contribution in [0.2, 0.25) is 0 Å². The zero-order valence-electron chi connectivity index (χ0n) is 11.6. The number of aliphatic hydroxyl groups excluding tert-OH is 2. The van der Waals surface area contributed by atoms with Gasteiger partial charge >= 0.3 is 0 Å². The van der Waals surface area contributed by atoms with Crippen molar-refractivity contribution in [2.75, 3.05) is 27.4 Å². The third-order valence-corrected chi connectivity index (χ3v) is 4.26. The number of ether oxygens (including phenoxy) is 2. The van der Waals surface area contributed by atoms with E-state index in [9.17, 15) is 13.5 Å². The van der Waals surface area contributed by atoms with Crippen LogP contribution in [0.4, 0.5) is 0 Å². The quantitative estimate of drug-likeness (QED) is 0.635. The van der Waals surface area contributed by atoms with Crippen molar-refractivity contribution in [2.45, 2.75) is 17.9 Å². The maximum Gasteiger partial charge on any atom is 0.241 e. The van der Waals surface area contributed by atoms with Gasteiger partial charge < -0.3 is 19.7 Å². The van der Waals surface area contributed by atoms with Crippen LogP contribution in [-0.4, -0.2) is 52.1 Å². The van der Waals surface area contributed by atoms with Gasteiger partial charge in [-0.1, -0.05) is 0 Å². The first-order chi connectivity index (χ1) is 9.35. The Morgan fingerprint density at radius 2 is 1.80 bits per heavy atom. The summed E-state index contributed by atoms with van der Waals surface area (Å²) in [6.45, 7) is 0.832. The summed E-state index contributed by atoms with van der Waals surface area (Å²) in [5.41, 5.74) is 0.480. The standard InChI is InChI=1S/C12H19NO6S/c1-8-4-10(18-2)11(19-3)5-12(8)20(16,17)13-6-9(15)7-14/h4-5,9,13-15H,6-7H2,1-3H3. The number of aryl methyl sites for hydroxylation is 1. The molecule has 1 aromatic carbocycles. The maximum absolute atomic E-state index is 12.1. The number of rotatable bonds is 7. The second kappa shape index (κ2) is 6.89. The van der Waals surface area contributed by atoms with Crippen LogP contribution >= 0.6 is 0 Å². The van der Waals surface area contributed by atoms with Gasteiger partial charge in [-0.2, -0.15) is 0 Å². The third-order valence-electron chi connectivity index (χ3n) is 2.69. The van der Waals surface area contributed by atoms with E-state index in [4.69, 9.17) is 14.6 Å². The van der Waals surface area contributed by atoms with Gasteiger partial charge in [0.05, 0.1) is 31.8 Å². The van der Waals surface area contributed by atoms with Gasteiger partial charge in [-0.3, -0.25) is 0 Å². The second-order valence-electron chi connectivity index (χ2n) is 4.16. The number of sulfonamides is 1. The first-order valence-corrected chi connectivity index (χ1v) is 7.35. The van der Waals surface area contributed by atoms with Crippen molar-refractivity contribution in [3.05, 3.63) is 17.7 Å². The number of aliphatic hydroxyl groups is 2. The predicted molar refractivity (Wildman–Crippen MR) is 72.6 cm³/mol. The molecular formula is C12H19NO6S. The van der Waals surface area contributed by atoms with Crippen LogP contribution in [0.15, 0.2) is 17.0 Å². The van der Waals surface area contributed by atoms with Crippen molar-refractivity contribution < 1.29 is 28.1 Å². The molecule has 0 bridgehead atoms. The molecule has 0 fully saturated rings. The lowest BCUT2D eigenvalue weighted by Gasteiger charge is -2.14. The van der Waals surface area contributed by atoms with Crippen LogP contribution in [0.3, 0.4) is 0 Å². The first-order valence-electron chi connectivity index (χ1n) is 5.87. The lowest BCUT2D eigenvalue weighted by molar-refractivity contribution is 0.0988. The van der Waals surface area contributed by atoms with Gasteiger partial charge in [-0.25, -0.2) is 13.1 Å². The number of hydrogen-bond donors (Lipinski definition) is 3. The predicted octanol–water partition coefficient (Wildman–Crippen LogP) is -0.356. The highest BCUT2D eigenvalue weighted by Gasteiger charge is 2.21. The SMILES string of the molecule is COc1cc(C)c(S(=O)(=O)NCC(O)CO)cc1OC. The molecule has 7 nitrogen and oxygen atoms in total. The molecule has 3 N–H and O–H groups in total. The summed E-state index contributed by atoms with van der Waals surface area (Å²) >= 11 is 0. The molecule has 0 spiro atoms. The van der Waals surface area contributed by atoms with Crippen molar-refractivity contribution >= 4 is 10.0 Å². The summed E-state index contributed by atoms with van der Waals surface area (Å²) in [5, 5.41) is 17.9. The molecular weight excluding hydrogens is 286 g/mol. The molecule has 0 aromatic heterocycles. The van der Waals surface area contributed by atoms with Crippen LogP contribution in [-0.2, 0) is 10.0 Å². The normalized spacial score (nSPS) is 13.1. The Kier molecular flexibility index (Phi) is 5.75. The van der Waals surface area contributed by atoms with E-state index in [1.807, 2.05) is 0 Å². The number of hydrogen-bond acceptors (Lipinski definition) is 6. The number of methoxy groups -OCH3 is 2. The van der Waals surface area contributed by atoms with E-state index in [0.29, 0.717) is 17.1 Å². The molecule has 0 aliphatic rings. The molecule has 8 heteroatoms. The fourth-order valence-corrected chi connectivity index (χ4v) is 2.91. The Bertz CT molecular complexity index is 557. The average Bonchev–Trinajstić information content (AvgIpc) is 2.44. The average molecular weight is 305 g/mol. The van der Waals surface area contributed by atoms with Gasteiger partial charge in [-0.15, -0.1) is 0 Å². The monoisotopic (exact) mass is 305 g/mol. The van der Waals surface area contributed by atoms with Crippen LogP contribution in [0.5, 0.6) is 11.5 Å². The Hall–Kier alpha value is -1.35. The molecule has 0 radical (unpaired) electrons. The van der Waals surface area contributed by atoms with Gasteiger partial charge in [-0.05, 0) is 18.6 Å². The van der Waals surface area contributed by atoms with E-state index in [0.717, 1.165) is 0 Å². The molecule has 0 heterocycles. The molecule has 0 aliphatic carbocycles. The summed E-state index contributed by atoms with van der Waals surface area (Å²) in [7, 11) is -0.941. The van der Waals surface area contributed by atoms with Crippen LogP contribution in [0.25, 0.3) is 0 Å². The van der Waals surface area contributed by atoms with Crippen LogP contribution in [0, 0.1) is 6.92 Å². The van der Waals surface area contributed by atoms with E-state index in [1.54, 1.807) is 13.0 Å². The Morgan fingerprint density at radius 1 is 1.25 bits per heavy atom. The first kappa shape index (κ1) is 16.7. The lowest BCUT2D eigenvalue weighted by Crippen LogP contribution is -2.34. The lowest BCUT2D eigenvalue weighted by atomic mass is 10.2. The highest BCUT2D eigenvalue weighted by Crippen LogP contribution is 2.32. The third kappa shape index (κ3) is 3.83. The zero-order valence-corrected chi connectivity index (χ0v) is 12.4. The molecule has 1 rings (SSSR count). The summed E-state index contributed by atoms with van der Waals surface area (Å²) in [6.07, 6.45) is -1.15.